The van der Waals surface area contributed by atoms with Gasteiger partial charge in [0.15, 0.2) is 11.4 Å². The van der Waals surface area contributed by atoms with Crippen LogP contribution in [0.5, 0.6) is 0 Å². The summed E-state index contributed by atoms with van der Waals surface area (Å²) in [7, 11) is 0. The summed E-state index contributed by atoms with van der Waals surface area (Å²) in [4.78, 5) is 11.5. The lowest BCUT2D eigenvalue weighted by Gasteiger charge is -2.37. The molecule has 20 heavy (non-hydrogen) atoms. The molecule has 1 saturated carbocycles. The topological polar surface area (TPSA) is 80.9 Å². The summed E-state index contributed by atoms with van der Waals surface area (Å²) in [5.41, 5.74) is -1.72. The number of aliphatic carboxylic acids is 1. The zero-order valence-corrected chi connectivity index (χ0v) is 10.3. The molecule has 0 amide bonds. The van der Waals surface area contributed by atoms with E-state index in [1.165, 1.54) is 6.07 Å². The Morgan fingerprint density at radius 2 is 1.95 bits per heavy atom. The molecule has 1 heterocycles. The summed E-state index contributed by atoms with van der Waals surface area (Å²) in [6.45, 7) is 0. The Hall–Kier alpha value is -2.38. The number of benzene rings is 1. The van der Waals surface area contributed by atoms with Crippen LogP contribution in [0.25, 0.3) is 11.4 Å². The van der Waals surface area contributed by atoms with Crippen LogP contribution in [-0.4, -0.2) is 31.3 Å². The van der Waals surface area contributed by atoms with Gasteiger partial charge in [-0.2, -0.15) is 0 Å². The van der Waals surface area contributed by atoms with E-state index in [2.05, 4.69) is 15.5 Å². The van der Waals surface area contributed by atoms with Gasteiger partial charge in [-0.05, 0) is 41.8 Å². The Balaban J connectivity index is 2.19. The molecule has 1 aliphatic rings. The van der Waals surface area contributed by atoms with Crippen molar-refractivity contribution in [2.75, 3.05) is 0 Å². The first kappa shape index (κ1) is 12.6. The van der Waals surface area contributed by atoms with Crippen LogP contribution in [0, 0.1) is 11.6 Å². The highest BCUT2D eigenvalue weighted by molar-refractivity contribution is 5.78. The highest BCUT2D eigenvalue weighted by Crippen LogP contribution is 2.41. The van der Waals surface area contributed by atoms with E-state index in [9.17, 15) is 18.7 Å². The molecule has 3 rings (SSSR count). The Bertz CT molecular complexity index is 662. The number of carboxylic acids is 1. The Kier molecular flexibility index (Phi) is 2.73. The zero-order chi connectivity index (χ0) is 14.3. The second kappa shape index (κ2) is 4.32. The predicted octanol–water partition coefficient (Wildman–Crippen LogP) is 1.58. The van der Waals surface area contributed by atoms with E-state index in [-0.39, 0.29) is 5.82 Å². The molecule has 0 radical (unpaired) electrons. The maximum Gasteiger partial charge on any atom is 0.331 e. The highest BCUT2D eigenvalue weighted by atomic mass is 19.1. The molecular formula is C12H10F2N4O2. The van der Waals surface area contributed by atoms with Crippen LogP contribution in [0.15, 0.2) is 18.2 Å². The molecule has 0 unspecified atom stereocenters. The predicted molar refractivity (Wildman–Crippen MR) is 62.6 cm³/mol. The fourth-order valence-electron chi connectivity index (χ4n) is 2.37. The van der Waals surface area contributed by atoms with Crippen molar-refractivity contribution in [1.29, 1.82) is 0 Å². The summed E-state index contributed by atoms with van der Waals surface area (Å²) >= 11 is 0. The molecule has 104 valence electrons. The van der Waals surface area contributed by atoms with Crippen LogP contribution in [-0.2, 0) is 10.3 Å². The van der Waals surface area contributed by atoms with Crippen molar-refractivity contribution >= 4 is 5.97 Å². The van der Waals surface area contributed by atoms with Crippen LogP contribution in [0.4, 0.5) is 8.78 Å². The van der Waals surface area contributed by atoms with E-state index in [0.29, 0.717) is 19.3 Å². The molecule has 1 aliphatic carbocycles. The second-order valence-electron chi connectivity index (χ2n) is 4.70. The maximum absolute atomic E-state index is 13.8. The minimum absolute atomic E-state index is 0.206. The van der Waals surface area contributed by atoms with Gasteiger partial charge in [-0.25, -0.2) is 18.3 Å². The lowest BCUT2D eigenvalue weighted by molar-refractivity contribution is -0.153. The van der Waals surface area contributed by atoms with Crippen LogP contribution in [0.1, 0.15) is 19.3 Å². The number of halogens is 2. The third-order valence-electron chi connectivity index (χ3n) is 3.64. The van der Waals surface area contributed by atoms with E-state index < -0.39 is 28.7 Å². The Morgan fingerprint density at radius 3 is 2.45 bits per heavy atom. The van der Waals surface area contributed by atoms with Gasteiger partial charge in [0.1, 0.15) is 11.6 Å². The number of tetrazole rings is 1. The first-order chi connectivity index (χ1) is 9.56. The molecule has 8 heteroatoms. The summed E-state index contributed by atoms with van der Waals surface area (Å²) < 4.78 is 28.6. The molecule has 6 nitrogen and oxygen atoms in total. The van der Waals surface area contributed by atoms with Gasteiger partial charge in [0, 0.05) is 0 Å². The van der Waals surface area contributed by atoms with Gasteiger partial charge in [-0.1, -0.05) is 6.07 Å². The molecule has 1 N–H and O–H groups in total. The molecule has 2 aromatic rings. The third-order valence-corrected chi connectivity index (χ3v) is 3.64. The number of carboxylic acid groups (broad SMARTS) is 1. The largest absolute Gasteiger partial charge is 0.479 e. The minimum atomic E-state index is -1.31. The van der Waals surface area contributed by atoms with Gasteiger partial charge in [0.05, 0.1) is 5.56 Å². The van der Waals surface area contributed by atoms with Crippen LogP contribution < -0.4 is 0 Å². The number of aromatic nitrogens is 4. The molecule has 0 atom stereocenters. The summed E-state index contributed by atoms with van der Waals surface area (Å²) in [5.74, 6) is -2.97. The van der Waals surface area contributed by atoms with Gasteiger partial charge >= 0.3 is 5.97 Å². The Morgan fingerprint density at radius 1 is 1.30 bits per heavy atom. The van der Waals surface area contributed by atoms with Crippen molar-refractivity contribution in [3.05, 3.63) is 29.8 Å². The lowest BCUT2D eigenvalue weighted by atomic mass is 9.76. The van der Waals surface area contributed by atoms with Gasteiger partial charge < -0.3 is 5.11 Å². The SMILES string of the molecule is O=C(O)C1(n2nnnc2-c2c(F)cccc2F)CCC1. The fraction of sp³-hybridized carbons (Fsp3) is 0.333. The molecule has 0 spiro atoms. The molecule has 0 aliphatic heterocycles. The van der Waals surface area contributed by atoms with Crippen molar-refractivity contribution in [3.63, 3.8) is 0 Å². The number of carbonyl (C=O) groups is 1. The Labute approximate surface area is 112 Å². The molecule has 1 aromatic carbocycles. The third kappa shape index (κ3) is 1.60. The second-order valence-corrected chi connectivity index (χ2v) is 4.70. The lowest BCUT2D eigenvalue weighted by Crippen LogP contribution is -2.48. The first-order valence-corrected chi connectivity index (χ1v) is 6.03. The van der Waals surface area contributed by atoms with E-state index >= 15 is 0 Å². The average molecular weight is 280 g/mol. The minimum Gasteiger partial charge on any atom is -0.479 e. The van der Waals surface area contributed by atoms with Crippen molar-refractivity contribution in [2.45, 2.75) is 24.8 Å². The number of rotatable bonds is 3. The van der Waals surface area contributed by atoms with Crippen LogP contribution in [0.2, 0.25) is 0 Å². The molecule has 1 fully saturated rings. The quantitative estimate of drug-likeness (QED) is 0.923. The van der Waals surface area contributed by atoms with Crippen molar-refractivity contribution in [1.82, 2.24) is 20.2 Å². The maximum atomic E-state index is 13.8. The summed E-state index contributed by atoms with van der Waals surface area (Å²) in [6, 6.07) is 3.37. The summed E-state index contributed by atoms with van der Waals surface area (Å²) in [6.07, 6.45) is 1.36. The zero-order valence-electron chi connectivity index (χ0n) is 10.3. The van der Waals surface area contributed by atoms with Crippen molar-refractivity contribution < 1.29 is 18.7 Å². The van der Waals surface area contributed by atoms with E-state index in [0.717, 1.165) is 16.8 Å². The standard InChI is InChI=1S/C12H10F2N4O2/c13-7-3-1-4-8(14)9(7)10-15-16-17-18(10)12(11(19)20)5-2-6-12/h1,3-4H,2,5-6H2,(H,19,20). The van der Waals surface area contributed by atoms with E-state index in [1.807, 2.05) is 0 Å². The van der Waals surface area contributed by atoms with Gasteiger partial charge in [0.25, 0.3) is 0 Å². The van der Waals surface area contributed by atoms with Crippen molar-refractivity contribution in [2.24, 2.45) is 0 Å². The smallest absolute Gasteiger partial charge is 0.331 e. The van der Waals surface area contributed by atoms with Crippen LogP contribution >= 0.6 is 0 Å². The van der Waals surface area contributed by atoms with Gasteiger partial charge in [0.2, 0.25) is 0 Å². The fourth-order valence-corrected chi connectivity index (χ4v) is 2.37. The monoisotopic (exact) mass is 280 g/mol. The molecule has 0 saturated heterocycles. The van der Waals surface area contributed by atoms with E-state index in [1.54, 1.807) is 0 Å². The molecular weight excluding hydrogens is 270 g/mol. The normalized spacial score (nSPS) is 16.7. The molecule has 0 bridgehead atoms. The first-order valence-electron chi connectivity index (χ1n) is 6.03. The van der Waals surface area contributed by atoms with Gasteiger partial charge in [-0.3, -0.25) is 0 Å². The number of nitrogens with zero attached hydrogens (tertiary/aromatic N) is 4. The van der Waals surface area contributed by atoms with Crippen molar-refractivity contribution in [3.8, 4) is 11.4 Å². The summed E-state index contributed by atoms with van der Waals surface area (Å²) in [5, 5.41) is 20.0. The van der Waals surface area contributed by atoms with Gasteiger partial charge in [-0.15, -0.1) is 5.10 Å². The highest BCUT2D eigenvalue weighted by Gasteiger charge is 2.49. The van der Waals surface area contributed by atoms with Crippen LogP contribution in [0.3, 0.4) is 0 Å². The molecule has 1 aromatic heterocycles. The van der Waals surface area contributed by atoms with E-state index in [4.69, 9.17) is 0 Å². The number of hydrogen-bond acceptors (Lipinski definition) is 4. The number of hydrogen-bond donors (Lipinski definition) is 1. The average Bonchev–Trinajstić information content (AvgIpc) is 2.76.